The minimum atomic E-state index is 0.432. The zero-order chi connectivity index (χ0) is 9.97. The molecule has 1 aromatic rings. The van der Waals surface area contributed by atoms with E-state index in [9.17, 15) is 0 Å². The standard InChI is InChI=1S/C11H15NO2/c1-13-11-6-8(7-14-12)2-5-10(11)9-3-4-9/h2,5-6,9H,3-4,7,12H2,1H3. The maximum absolute atomic E-state index is 5.34. The number of benzene rings is 1. The second kappa shape index (κ2) is 3.98. The maximum Gasteiger partial charge on any atom is 0.122 e. The van der Waals surface area contributed by atoms with E-state index in [1.54, 1.807) is 7.11 Å². The molecule has 1 saturated carbocycles. The lowest BCUT2D eigenvalue weighted by Crippen LogP contribution is -2.00. The van der Waals surface area contributed by atoms with Crippen LogP contribution < -0.4 is 10.6 Å². The summed E-state index contributed by atoms with van der Waals surface area (Å²) in [5.74, 6) is 6.69. The van der Waals surface area contributed by atoms with Crippen LogP contribution in [0.25, 0.3) is 0 Å². The quantitative estimate of drug-likeness (QED) is 0.743. The fraction of sp³-hybridized carbons (Fsp3) is 0.455. The molecule has 0 saturated heterocycles. The van der Waals surface area contributed by atoms with Crippen molar-refractivity contribution in [3.8, 4) is 5.75 Å². The Balaban J connectivity index is 2.24. The third kappa shape index (κ3) is 1.89. The maximum atomic E-state index is 5.34. The molecule has 0 unspecified atom stereocenters. The highest BCUT2D eigenvalue weighted by atomic mass is 16.6. The van der Waals surface area contributed by atoms with Crippen LogP contribution in [0.5, 0.6) is 5.75 Å². The second-order valence-electron chi connectivity index (χ2n) is 3.66. The van der Waals surface area contributed by atoms with Gasteiger partial charge in [-0.3, -0.25) is 4.84 Å². The molecule has 2 rings (SSSR count). The van der Waals surface area contributed by atoms with E-state index < -0.39 is 0 Å². The van der Waals surface area contributed by atoms with Gasteiger partial charge in [-0.25, -0.2) is 5.90 Å². The number of methoxy groups -OCH3 is 1. The number of hydrogen-bond donors (Lipinski definition) is 1. The minimum absolute atomic E-state index is 0.432. The van der Waals surface area contributed by atoms with Crippen LogP contribution in [0.1, 0.15) is 29.9 Å². The van der Waals surface area contributed by atoms with Crippen LogP contribution in [0.15, 0.2) is 18.2 Å². The van der Waals surface area contributed by atoms with E-state index in [0.717, 1.165) is 11.3 Å². The van der Waals surface area contributed by atoms with Gasteiger partial charge in [0.25, 0.3) is 0 Å². The van der Waals surface area contributed by atoms with Crippen LogP contribution in [0.4, 0.5) is 0 Å². The van der Waals surface area contributed by atoms with E-state index >= 15 is 0 Å². The van der Waals surface area contributed by atoms with Crippen molar-refractivity contribution < 1.29 is 9.57 Å². The highest BCUT2D eigenvalue weighted by Gasteiger charge is 2.26. The SMILES string of the molecule is COc1cc(CON)ccc1C1CC1. The molecule has 0 heterocycles. The van der Waals surface area contributed by atoms with Gasteiger partial charge in [-0.15, -0.1) is 0 Å². The topological polar surface area (TPSA) is 44.5 Å². The van der Waals surface area contributed by atoms with E-state index in [-0.39, 0.29) is 0 Å². The molecule has 0 spiro atoms. The highest BCUT2D eigenvalue weighted by molar-refractivity contribution is 5.41. The normalized spacial score (nSPS) is 15.6. The van der Waals surface area contributed by atoms with Crippen molar-refractivity contribution >= 4 is 0 Å². The molecular weight excluding hydrogens is 178 g/mol. The van der Waals surface area contributed by atoms with Crippen LogP contribution in [0.2, 0.25) is 0 Å². The lowest BCUT2D eigenvalue weighted by molar-refractivity contribution is 0.124. The second-order valence-corrected chi connectivity index (χ2v) is 3.66. The summed E-state index contributed by atoms with van der Waals surface area (Å²) in [6, 6.07) is 6.16. The summed E-state index contributed by atoms with van der Waals surface area (Å²) in [6.07, 6.45) is 2.56. The Morgan fingerprint density at radius 1 is 1.43 bits per heavy atom. The molecule has 3 nitrogen and oxygen atoms in total. The Morgan fingerprint density at radius 2 is 2.21 bits per heavy atom. The van der Waals surface area contributed by atoms with Crippen LogP contribution >= 0.6 is 0 Å². The molecule has 0 atom stereocenters. The van der Waals surface area contributed by atoms with E-state index in [1.807, 2.05) is 12.1 Å². The summed E-state index contributed by atoms with van der Waals surface area (Å²) in [4.78, 5) is 4.59. The molecule has 0 aliphatic heterocycles. The Bertz CT molecular complexity index is 321. The van der Waals surface area contributed by atoms with Gasteiger partial charge in [0, 0.05) is 0 Å². The molecule has 0 aromatic heterocycles. The Morgan fingerprint density at radius 3 is 2.79 bits per heavy atom. The smallest absolute Gasteiger partial charge is 0.122 e. The predicted molar refractivity (Wildman–Crippen MR) is 53.9 cm³/mol. The molecular formula is C11H15NO2. The summed E-state index contributed by atoms with van der Waals surface area (Å²) < 4.78 is 5.34. The molecule has 76 valence electrons. The lowest BCUT2D eigenvalue weighted by Gasteiger charge is -2.09. The van der Waals surface area contributed by atoms with Crippen molar-refractivity contribution in [3.05, 3.63) is 29.3 Å². The van der Waals surface area contributed by atoms with Gasteiger partial charge < -0.3 is 4.74 Å². The van der Waals surface area contributed by atoms with Gasteiger partial charge in [0.1, 0.15) is 5.75 Å². The number of ether oxygens (including phenoxy) is 1. The molecule has 0 amide bonds. The van der Waals surface area contributed by atoms with Gasteiger partial charge in [-0.2, -0.15) is 0 Å². The average Bonchev–Trinajstić information content (AvgIpc) is 3.02. The lowest BCUT2D eigenvalue weighted by atomic mass is 10.1. The Kier molecular flexibility index (Phi) is 2.70. The molecule has 2 N–H and O–H groups in total. The van der Waals surface area contributed by atoms with Crippen molar-refractivity contribution in [1.29, 1.82) is 0 Å². The van der Waals surface area contributed by atoms with E-state index in [4.69, 9.17) is 10.6 Å². The Labute approximate surface area is 83.8 Å². The zero-order valence-corrected chi connectivity index (χ0v) is 8.32. The summed E-state index contributed by atoms with van der Waals surface area (Å²) in [5, 5.41) is 0. The first-order valence-electron chi connectivity index (χ1n) is 4.83. The summed E-state index contributed by atoms with van der Waals surface area (Å²) >= 11 is 0. The monoisotopic (exact) mass is 193 g/mol. The number of rotatable bonds is 4. The van der Waals surface area contributed by atoms with Crippen molar-refractivity contribution in [2.24, 2.45) is 5.90 Å². The van der Waals surface area contributed by atoms with Crippen LogP contribution in [-0.4, -0.2) is 7.11 Å². The molecule has 1 aliphatic carbocycles. The molecule has 1 aliphatic rings. The first kappa shape index (κ1) is 9.49. The third-order valence-electron chi connectivity index (χ3n) is 2.57. The van der Waals surface area contributed by atoms with Crippen molar-refractivity contribution in [1.82, 2.24) is 0 Å². The van der Waals surface area contributed by atoms with Gasteiger partial charge in [0.15, 0.2) is 0 Å². The van der Waals surface area contributed by atoms with Gasteiger partial charge in [-0.1, -0.05) is 12.1 Å². The molecule has 1 aromatic carbocycles. The van der Waals surface area contributed by atoms with Gasteiger partial charge in [0.05, 0.1) is 13.7 Å². The summed E-state index contributed by atoms with van der Waals surface area (Å²) in [7, 11) is 1.70. The van der Waals surface area contributed by atoms with Gasteiger partial charge in [-0.05, 0) is 36.0 Å². The summed E-state index contributed by atoms with van der Waals surface area (Å²) in [6.45, 7) is 0.432. The minimum Gasteiger partial charge on any atom is -0.496 e. The van der Waals surface area contributed by atoms with Crippen molar-refractivity contribution in [2.45, 2.75) is 25.4 Å². The Hall–Kier alpha value is -1.06. The van der Waals surface area contributed by atoms with E-state index in [2.05, 4.69) is 10.9 Å². The van der Waals surface area contributed by atoms with Crippen LogP contribution in [0, 0.1) is 0 Å². The van der Waals surface area contributed by atoms with E-state index in [0.29, 0.717) is 12.5 Å². The third-order valence-corrected chi connectivity index (χ3v) is 2.57. The predicted octanol–water partition coefficient (Wildman–Crippen LogP) is 1.96. The first-order valence-corrected chi connectivity index (χ1v) is 4.83. The number of hydrogen-bond acceptors (Lipinski definition) is 3. The molecule has 0 bridgehead atoms. The molecule has 14 heavy (non-hydrogen) atoms. The fourth-order valence-corrected chi connectivity index (χ4v) is 1.67. The van der Waals surface area contributed by atoms with E-state index in [1.165, 1.54) is 18.4 Å². The van der Waals surface area contributed by atoms with Gasteiger partial charge in [0.2, 0.25) is 0 Å². The highest BCUT2D eigenvalue weighted by Crippen LogP contribution is 2.44. The van der Waals surface area contributed by atoms with Crippen molar-refractivity contribution in [2.75, 3.05) is 7.11 Å². The van der Waals surface area contributed by atoms with Crippen LogP contribution in [0.3, 0.4) is 0 Å². The van der Waals surface area contributed by atoms with Crippen LogP contribution in [-0.2, 0) is 11.4 Å². The summed E-state index contributed by atoms with van der Waals surface area (Å²) in [5.41, 5.74) is 2.36. The molecule has 3 heteroatoms. The fourth-order valence-electron chi connectivity index (χ4n) is 1.67. The van der Waals surface area contributed by atoms with Crippen molar-refractivity contribution in [3.63, 3.8) is 0 Å². The molecule has 1 fully saturated rings. The zero-order valence-electron chi connectivity index (χ0n) is 8.32. The molecule has 0 radical (unpaired) electrons. The first-order chi connectivity index (χ1) is 6.85. The van der Waals surface area contributed by atoms with Gasteiger partial charge >= 0.3 is 0 Å². The average molecular weight is 193 g/mol. The number of nitrogens with two attached hydrogens (primary N) is 1. The largest absolute Gasteiger partial charge is 0.496 e.